The average molecular weight is 332 g/mol. The van der Waals surface area contributed by atoms with Gasteiger partial charge < -0.3 is 14.6 Å². The maximum atomic E-state index is 11.2. The van der Waals surface area contributed by atoms with Crippen molar-refractivity contribution < 1.29 is 14.6 Å². The highest BCUT2D eigenvalue weighted by Crippen LogP contribution is 2.54. The molecular formula is C21H32O3. The lowest BCUT2D eigenvalue weighted by Crippen LogP contribution is -2.47. The van der Waals surface area contributed by atoms with Crippen LogP contribution >= 0.6 is 0 Å². The van der Waals surface area contributed by atoms with Crippen LogP contribution in [-0.2, 0) is 9.47 Å². The lowest BCUT2D eigenvalue weighted by molar-refractivity contribution is -0.112. The summed E-state index contributed by atoms with van der Waals surface area (Å²) in [4.78, 5) is 0. The topological polar surface area (TPSA) is 38.7 Å². The zero-order valence-electron chi connectivity index (χ0n) is 15.8. The van der Waals surface area contributed by atoms with E-state index in [9.17, 15) is 5.11 Å². The average Bonchev–Trinajstić information content (AvgIpc) is 2.87. The molecule has 1 N–H and O–H groups in total. The van der Waals surface area contributed by atoms with Gasteiger partial charge in [0.25, 0.3) is 0 Å². The number of ether oxygens (including phenoxy) is 2. The Balaban J connectivity index is 2.11. The highest BCUT2D eigenvalue weighted by Gasteiger charge is 2.57. The van der Waals surface area contributed by atoms with E-state index in [1.54, 1.807) is 7.11 Å². The molecule has 24 heavy (non-hydrogen) atoms. The summed E-state index contributed by atoms with van der Waals surface area (Å²) in [5.41, 5.74) is 3.02. The molecule has 1 fully saturated rings. The summed E-state index contributed by atoms with van der Waals surface area (Å²) in [6.07, 6.45) is 5.69. The van der Waals surface area contributed by atoms with Crippen molar-refractivity contribution in [3.05, 3.63) is 35.1 Å². The lowest BCUT2D eigenvalue weighted by Gasteiger charge is -2.42. The van der Waals surface area contributed by atoms with Gasteiger partial charge in [0.05, 0.1) is 24.9 Å². The van der Waals surface area contributed by atoms with Crippen molar-refractivity contribution in [3.8, 4) is 0 Å². The quantitative estimate of drug-likeness (QED) is 0.763. The molecule has 6 atom stereocenters. The molecule has 0 aromatic heterocycles. The second kappa shape index (κ2) is 6.34. The second-order valence-corrected chi connectivity index (χ2v) is 8.35. The van der Waals surface area contributed by atoms with E-state index in [4.69, 9.17) is 9.47 Å². The molecule has 3 aliphatic rings. The Labute approximate surface area is 146 Å². The first kappa shape index (κ1) is 17.8. The molecule has 3 heteroatoms. The minimum absolute atomic E-state index is 0.0767. The van der Waals surface area contributed by atoms with E-state index in [0.29, 0.717) is 5.92 Å². The fourth-order valence-corrected chi connectivity index (χ4v) is 5.16. The van der Waals surface area contributed by atoms with Crippen LogP contribution in [0.1, 0.15) is 53.4 Å². The summed E-state index contributed by atoms with van der Waals surface area (Å²) >= 11 is 0. The SMILES string of the molecule is C=C(C)[C@H]1CC(C)=C(OC)[C@H]2[C@@H]1[C@H]1O[C@@H]2C/C(C)=C\CC[C@@]1(C)O. The molecule has 1 aliphatic carbocycles. The first-order chi connectivity index (χ1) is 11.3. The maximum absolute atomic E-state index is 11.2. The van der Waals surface area contributed by atoms with Gasteiger partial charge in [-0.3, -0.25) is 0 Å². The van der Waals surface area contributed by atoms with Gasteiger partial charge in [-0.05, 0) is 64.9 Å². The molecule has 2 aliphatic heterocycles. The molecular weight excluding hydrogens is 300 g/mol. The van der Waals surface area contributed by atoms with Crippen molar-refractivity contribution in [2.24, 2.45) is 17.8 Å². The fourth-order valence-electron chi connectivity index (χ4n) is 5.16. The fraction of sp³-hybridized carbons (Fsp3) is 0.714. The van der Waals surface area contributed by atoms with E-state index in [1.165, 1.54) is 16.7 Å². The zero-order valence-corrected chi connectivity index (χ0v) is 15.8. The van der Waals surface area contributed by atoms with Crippen molar-refractivity contribution in [2.75, 3.05) is 7.11 Å². The highest BCUT2D eigenvalue weighted by molar-refractivity contribution is 5.27. The molecule has 0 radical (unpaired) electrons. The third kappa shape index (κ3) is 2.86. The van der Waals surface area contributed by atoms with Crippen LogP contribution in [0.2, 0.25) is 0 Å². The van der Waals surface area contributed by atoms with Crippen LogP contribution in [0.15, 0.2) is 35.1 Å². The van der Waals surface area contributed by atoms with Gasteiger partial charge in [0.2, 0.25) is 0 Å². The normalized spacial score (nSPS) is 44.8. The van der Waals surface area contributed by atoms with E-state index < -0.39 is 5.60 Å². The van der Waals surface area contributed by atoms with Crippen LogP contribution in [0.4, 0.5) is 0 Å². The maximum Gasteiger partial charge on any atom is 0.101 e. The summed E-state index contributed by atoms with van der Waals surface area (Å²) in [7, 11) is 1.77. The van der Waals surface area contributed by atoms with E-state index in [0.717, 1.165) is 31.4 Å². The predicted molar refractivity (Wildman–Crippen MR) is 96.5 cm³/mol. The standard InChI is InChI=1S/C21H32O3/c1-12(2)15-11-14(4)19(23-6)18-16-10-13(3)8-7-9-21(5,22)20(24-16)17(15)18/h8,15-18,20,22H,1,7,9-11H2,2-6H3/b13-8-/t15-,16-,17-,18-,20-,21-/m1/s1. The third-order valence-electron chi connectivity index (χ3n) is 6.33. The Bertz CT molecular complexity index is 584. The van der Waals surface area contributed by atoms with Crippen LogP contribution in [0.3, 0.4) is 0 Å². The molecule has 0 aromatic rings. The summed E-state index contributed by atoms with van der Waals surface area (Å²) in [5.74, 6) is 1.88. The van der Waals surface area contributed by atoms with Crippen molar-refractivity contribution in [2.45, 2.75) is 71.2 Å². The van der Waals surface area contributed by atoms with Crippen LogP contribution in [-0.4, -0.2) is 30.0 Å². The number of methoxy groups -OCH3 is 1. The van der Waals surface area contributed by atoms with Crippen LogP contribution in [0.25, 0.3) is 0 Å². The molecule has 2 bridgehead atoms. The number of hydrogen-bond acceptors (Lipinski definition) is 3. The molecule has 2 heterocycles. The second-order valence-electron chi connectivity index (χ2n) is 8.35. The van der Waals surface area contributed by atoms with Gasteiger partial charge in [-0.15, -0.1) is 0 Å². The molecule has 0 aromatic carbocycles. The predicted octanol–water partition coefficient (Wildman–Crippen LogP) is 4.38. The molecule has 1 saturated heterocycles. The monoisotopic (exact) mass is 332 g/mol. The summed E-state index contributed by atoms with van der Waals surface area (Å²) in [6.45, 7) is 12.7. The molecule has 3 rings (SSSR count). The minimum Gasteiger partial charge on any atom is -0.501 e. The van der Waals surface area contributed by atoms with Crippen LogP contribution in [0, 0.1) is 17.8 Å². The first-order valence-corrected chi connectivity index (χ1v) is 9.18. The molecule has 0 spiro atoms. The Morgan fingerprint density at radius 3 is 2.71 bits per heavy atom. The third-order valence-corrected chi connectivity index (χ3v) is 6.33. The molecule has 0 saturated carbocycles. The van der Waals surface area contributed by atoms with Crippen molar-refractivity contribution in [1.29, 1.82) is 0 Å². The Kier molecular flexibility index (Phi) is 4.69. The number of fused-ring (bicyclic) bond motifs is 5. The van der Waals surface area contributed by atoms with Gasteiger partial charge >= 0.3 is 0 Å². The number of hydrogen-bond donors (Lipinski definition) is 1. The molecule has 0 unspecified atom stereocenters. The Hall–Kier alpha value is -1.06. The van der Waals surface area contributed by atoms with E-state index in [1.807, 2.05) is 6.92 Å². The highest BCUT2D eigenvalue weighted by atomic mass is 16.5. The Morgan fingerprint density at radius 2 is 2.08 bits per heavy atom. The summed E-state index contributed by atoms with van der Waals surface area (Å²) < 4.78 is 12.4. The zero-order chi connectivity index (χ0) is 17.6. The number of aliphatic hydroxyl groups is 1. The van der Waals surface area contributed by atoms with Crippen LogP contribution in [0.5, 0.6) is 0 Å². The van der Waals surface area contributed by atoms with E-state index >= 15 is 0 Å². The van der Waals surface area contributed by atoms with E-state index in [-0.39, 0.29) is 24.0 Å². The molecule has 3 nitrogen and oxygen atoms in total. The van der Waals surface area contributed by atoms with Gasteiger partial charge in [0.1, 0.15) is 5.76 Å². The van der Waals surface area contributed by atoms with Gasteiger partial charge in [-0.2, -0.15) is 0 Å². The van der Waals surface area contributed by atoms with Crippen LogP contribution < -0.4 is 0 Å². The summed E-state index contributed by atoms with van der Waals surface area (Å²) in [5, 5.41) is 11.2. The smallest absolute Gasteiger partial charge is 0.101 e. The Morgan fingerprint density at radius 1 is 1.38 bits per heavy atom. The van der Waals surface area contributed by atoms with E-state index in [2.05, 4.69) is 33.4 Å². The van der Waals surface area contributed by atoms with Crippen molar-refractivity contribution in [1.82, 2.24) is 0 Å². The number of rotatable bonds is 2. The molecule has 134 valence electrons. The van der Waals surface area contributed by atoms with Gasteiger partial charge in [-0.1, -0.05) is 23.8 Å². The van der Waals surface area contributed by atoms with Crippen molar-refractivity contribution in [3.63, 3.8) is 0 Å². The first-order valence-electron chi connectivity index (χ1n) is 9.18. The van der Waals surface area contributed by atoms with Crippen molar-refractivity contribution >= 4 is 0 Å². The number of allylic oxidation sites excluding steroid dienone is 3. The largest absolute Gasteiger partial charge is 0.501 e. The summed E-state index contributed by atoms with van der Waals surface area (Å²) in [6, 6.07) is 0. The lowest BCUT2D eigenvalue weighted by atomic mass is 9.64. The molecule has 0 amide bonds. The van der Waals surface area contributed by atoms with Gasteiger partial charge in [0.15, 0.2) is 0 Å². The van der Waals surface area contributed by atoms with Gasteiger partial charge in [0, 0.05) is 11.8 Å². The minimum atomic E-state index is -0.823. The van der Waals surface area contributed by atoms with Gasteiger partial charge in [-0.25, -0.2) is 0 Å².